The number of para-hydroxylation sites is 2. The lowest BCUT2D eigenvalue weighted by molar-refractivity contribution is -0.116. The summed E-state index contributed by atoms with van der Waals surface area (Å²) in [6.07, 6.45) is 0. The molecule has 4 aromatic rings. The van der Waals surface area contributed by atoms with Gasteiger partial charge in [0.25, 0.3) is 0 Å². The summed E-state index contributed by atoms with van der Waals surface area (Å²) in [5.74, 6) is 1.96. The Balaban J connectivity index is 1.50. The predicted molar refractivity (Wildman–Crippen MR) is 122 cm³/mol. The molecule has 0 atom stereocenters. The fourth-order valence-electron chi connectivity index (χ4n) is 3.24. The van der Waals surface area contributed by atoms with Gasteiger partial charge in [-0.05, 0) is 67.6 Å². The number of imidazole rings is 1. The number of nitrogens with zero attached hydrogens (tertiary/aromatic N) is 2. The van der Waals surface area contributed by atoms with Crippen LogP contribution < -0.4 is 14.8 Å². The van der Waals surface area contributed by atoms with Gasteiger partial charge in [-0.1, -0.05) is 23.7 Å². The van der Waals surface area contributed by atoms with Gasteiger partial charge < -0.3 is 19.4 Å². The maximum atomic E-state index is 12.8. The molecule has 0 aliphatic carbocycles. The predicted octanol–water partition coefficient (Wildman–Crippen LogP) is 5.31. The van der Waals surface area contributed by atoms with E-state index in [1.807, 2.05) is 60.0 Å². The number of ether oxygens (including phenoxy) is 2. The summed E-state index contributed by atoms with van der Waals surface area (Å²) < 4.78 is 13.2. The van der Waals surface area contributed by atoms with Gasteiger partial charge in [-0.2, -0.15) is 0 Å². The third kappa shape index (κ3) is 5.16. The number of fused-ring (bicyclic) bond motifs is 1. The van der Waals surface area contributed by atoms with Gasteiger partial charge in [0.05, 0.1) is 17.6 Å². The normalized spacial score (nSPS) is 10.8. The molecule has 1 N–H and O–H groups in total. The van der Waals surface area contributed by atoms with E-state index in [0.29, 0.717) is 28.9 Å². The molecule has 158 valence electrons. The Morgan fingerprint density at radius 2 is 1.65 bits per heavy atom. The lowest BCUT2D eigenvalue weighted by atomic mass is 10.3. The van der Waals surface area contributed by atoms with Crippen molar-refractivity contribution in [2.45, 2.75) is 20.1 Å². The zero-order valence-corrected chi connectivity index (χ0v) is 17.8. The number of aromatic nitrogens is 2. The van der Waals surface area contributed by atoms with Crippen LogP contribution in [0.3, 0.4) is 0 Å². The van der Waals surface area contributed by atoms with E-state index in [-0.39, 0.29) is 19.1 Å². The van der Waals surface area contributed by atoms with Crippen LogP contribution in [0.25, 0.3) is 11.0 Å². The Labute approximate surface area is 185 Å². The van der Waals surface area contributed by atoms with Crippen molar-refractivity contribution in [1.82, 2.24) is 9.55 Å². The van der Waals surface area contributed by atoms with Crippen LogP contribution in [-0.2, 0) is 17.9 Å². The van der Waals surface area contributed by atoms with E-state index >= 15 is 0 Å². The van der Waals surface area contributed by atoms with Crippen LogP contribution in [0.1, 0.15) is 12.7 Å². The molecule has 0 saturated heterocycles. The first-order chi connectivity index (χ1) is 15.1. The average Bonchev–Trinajstić information content (AvgIpc) is 3.12. The summed E-state index contributed by atoms with van der Waals surface area (Å²) in [5, 5.41) is 3.57. The third-order valence-corrected chi connectivity index (χ3v) is 4.92. The van der Waals surface area contributed by atoms with E-state index in [1.54, 1.807) is 24.3 Å². The molecule has 0 saturated carbocycles. The summed E-state index contributed by atoms with van der Waals surface area (Å²) in [7, 11) is 0. The molecular weight excluding hydrogens is 414 g/mol. The highest BCUT2D eigenvalue weighted by molar-refractivity contribution is 6.30. The van der Waals surface area contributed by atoms with Crippen LogP contribution in [0.4, 0.5) is 5.69 Å². The van der Waals surface area contributed by atoms with Gasteiger partial charge in [-0.25, -0.2) is 4.98 Å². The average molecular weight is 436 g/mol. The van der Waals surface area contributed by atoms with Gasteiger partial charge >= 0.3 is 0 Å². The van der Waals surface area contributed by atoms with Crippen LogP contribution in [0.5, 0.6) is 11.5 Å². The van der Waals surface area contributed by atoms with E-state index in [4.69, 9.17) is 21.1 Å². The number of rotatable bonds is 8. The second kappa shape index (κ2) is 9.53. The SMILES string of the molecule is CCOc1ccc(NC(=O)Cn2c(COc3ccc(Cl)cc3)nc3ccccc32)cc1. The van der Waals surface area contributed by atoms with E-state index in [2.05, 4.69) is 10.3 Å². The molecule has 7 heteroatoms. The first-order valence-corrected chi connectivity index (χ1v) is 10.4. The minimum absolute atomic E-state index is 0.118. The first-order valence-electron chi connectivity index (χ1n) is 9.97. The minimum atomic E-state index is -0.153. The molecule has 0 spiro atoms. The van der Waals surface area contributed by atoms with Gasteiger partial charge in [-0.3, -0.25) is 4.79 Å². The topological polar surface area (TPSA) is 65.4 Å². The van der Waals surface area contributed by atoms with Gasteiger partial charge in [-0.15, -0.1) is 0 Å². The van der Waals surface area contributed by atoms with Crippen molar-refractivity contribution in [3.8, 4) is 11.5 Å². The van der Waals surface area contributed by atoms with Gasteiger partial charge in [0, 0.05) is 10.7 Å². The number of hydrogen-bond acceptors (Lipinski definition) is 4. The van der Waals surface area contributed by atoms with Gasteiger partial charge in [0.2, 0.25) is 5.91 Å². The maximum absolute atomic E-state index is 12.8. The largest absolute Gasteiger partial charge is 0.494 e. The molecule has 6 nitrogen and oxygen atoms in total. The quantitative estimate of drug-likeness (QED) is 0.407. The van der Waals surface area contributed by atoms with Crippen LogP contribution in [-0.4, -0.2) is 22.1 Å². The lowest BCUT2D eigenvalue weighted by Gasteiger charge is -2.11. The smallest absolute Gasteiger partial charge is 0.244 e. The Kier molecular flexibility index (Phi) is 6.38. The third-order valence-electron chi connectivity index (χ3n) is 4.67. The Morgan fingerprint density at radius 3 is 2.39 bits per heavy atom. The van der Waals surface area contributed by atoms with E-state index in [9.17, 15) is 4.79 Å². The van der Waals surface area contributed by atoms with Crippen LogP contribution in [0.15, 0.2) is 72.8 Å². The summed E-state index contributed by atoms with van der Waals surface area (Å²) in [6.45, 7) is 2.87. The number of halogens is 1. The molecule has 1 amide bonds. The van der Waals surface area contributed by atoms with Crippen molar-refractivity contribution in [2.75, 3.05) is 11.9 Å². The number of carbonyl (C=O) groups excluding carboxylic acids is 1. The second-order valence-corrected chi connectivity index (χ2v) is 7.29. The molecule has 4 rings (SSSR count). The molecule has 31 heavy (non-hydrogen) atoms. The summed E-state index contributed by atoms with van der Waals surface area (Å²) >= 11 is 5.93. The van der Waals surface area contributed by atoms with Gasteiger partial charge in [0.15, 0.2) is 0 Å². The highest BCUT2D eigenvalue weighted by atomic mass is 35.5. The van der Waals surface area contributed by atoms with E-state index in [1.165, 1.54) is 0 Å². The molecule has 0 radical (unpaired) electrons. The number of anilines is 1. The number of carbonyl (C=O) groups is 1. The maximum Gasteiger partial charge on any atom is 0.244 e. The van der Waals surface area contributed by atoms with Crippen molar-refractivity contribution >= 4 is 34.2 Å². The van der Waals surface area contributed by atoms with Crippen LogP contribution >= 0.6 is 11.6 Å². The Bertz CT molecular complexity index is 1170. The number of nitrogens with one attached hydrogen (secondary N) is 1. The lowest BCUT2D eigenvalue weighted by Crippen LogP contribution is -2.20. The highest BCUT2D eigenvalue weighted by Gasteiger charge is 2.14. The monoisotopic (exact) mass is 435 g/mol. The van der Waals surface area contributed by atoms with Crippen molar-refractivity contribution < 1.29 is 14.3 Å². The number of amides is 1. The first kappa shape index (κ1) is 20.8. The fraction of sp³-hybridized carbons (Fsp3) is 0.167. The molecule has 0 aliphatic rings. The van der Waals surface area contributed by atoms with Crippen molar-refractivity contribution in [3.05, 3.63) is 83.6 Å². The molecule has 0 aliphatic heterocycles. The zero-order valence-electron chi connectivity index (χ0n) is 17.0. The molecule has 1 aromatic heterocycles. The van der Waals surface area contributed by atoms with Crippen molar-refractivity contribution in [2.24, 2.45) is 0 Å². The Hall–Kier alpha value is -3.51. The molecule has 1 heterocycles. The van der Waals surface area contributed by atoms with E-state index in [0.717, 1.165) is 16.8 Å². The number of hydrogen-bond donors (Lipinski definition) is 1. The summed E-state index contributed by atoms with van der Waals surface area (Å²) in [6, 6.07) is 22.1. The van der Waals surface area contributed by atoms with Crippen LogP contribution in [0.2, 0.25) is 5.02 Å². The fourth-order valence-corrected chi connectivity index (χ4v) is 3.36. The molecule has 0 bridgehead atoms. The van der Waals surface area contributed by atoms with Crippen molar-refractivity contribution in [3.63, 3.8) is 0 Å². The Morgan fingerprint density at radius 1 is 0.968 bits per heavy atom. The van der Waals surface area contributed by atoms with E-state index < -0.39 is 0 Å². The summed E-state index contributed by atoms with van der Waals surface area (Å²) in [4.78, 5) is 17.4. The molecular formula is C24H22ClN3O3. The molecule has 3 aromatic carbocycles. The highest BCUT2D eigenvalue weighted by Crippen LogP contribution is 2.21. The standard InChI is InChI=1S/C24H22ClN3O3/c1-2-30-19-13-9-18(10-14-19)26-24(29)15-28-22-6-4-3-5-21(22)27-23(28)16-31-20-11-7-17(25)8-12-20/h3-14H,2,15-16H2,1H3,(H,26,29). The van der Waals surface area contributed by atoms with Crippen molar-refractivity contribution in [1.29, 1.82) is 0 Å². The minimum Gasteiger partial charge on any atom is -0.494 e. The molecule has 0 unspecified atom stereocenters. The van der Waals surface area contributed by atoms with Gasteiger partial charge in [0.1, 0.15) is 30.5 Å². The summed E-state index contributed by atoms with van der Waals surface area (Å²) in [5.41, 5.74) is 2.39. The molecule has 0 fully saturated rings. The van der Waals surface area contributed by atoms with Crippen LogP contribution in [0, 0.1) is 0 Å². The second-order valence-electron chi connectivity index (χ2n) is 6.85. The zero-order chi connectivity index (χ0) is 21.6. The number of benzene rings is 3.